The molecule has 4 heteroatoms. The average Bonchev–Trinajstić information content (AvgIpc) is 2.03. The third-order valence-electron chi connectivity index (χ3n) is 2.26. The molecule has 0 aromatic heterocycles. The van der Waals surface area contributed by atoms with Crippen LogP contribution in [-0.4, -0.2) is 50.7 Å². The zero-order valence-corrected chi connectivity index (χ0v) is 7.67. The van der Waals surface area contributed by atoms with Crippen LogP contribution in [0.5, 0.6) is 0 Å². The van der Waals surface area contributed by atoms with Crippen LogP contribution in [0.4, 0.5) is 0 Å². The molecule has 4 nitrogen and oxygen atoms in total. The number of hydrogen-bond donors (Lipinski definition) is 1. The Labute approximate surface area is 72.9 Å². The second-order valence-corrected chi connectivity index (χ2v) is 2.95. The van der Waals surface area contributed by atoms with Gasteiger partial charge in [-0.15, -0.1) is 0 Å². The lowest BCUT2D eigenvalue weighted by Crippen LogP contribution is -2.56. The third-order valence-corrected chi connectivity index (χ3v) is 2.26. The number of likely N-dealkylation sites (tertiary alicyclic amines) is 1. The number of amides is 1. The normalized spacial score (nSPS) is 23.3. The summed E-state index contributed by atoms with van der Waals surface area (Å²) in [5.41, 5.74) is 0. The molecule has 1 saturated heterocycles. The summed E-state index contributed by atoms with van der Waals surface area (Å²) in [5, 5.41) is 2.65. The van der Waals surface area contributed by atoms with Crippen molar-refractivity contribution < 1.29 is 9.53 Å². The Morgan fingerprint density at radius 1 is 1.75 bits per heavy atom. The number of likely N-dealkylation sites (N-methyl/N-ethyl adjacent to an activating group) is 1. The summed E-state index contributed by atoms with van der Waals surface area (Å²) >= 11 is 0. The van der Waals surface area contributed by atoms with E-state index in [1.54, 1.807) is 14.2 Å². The summed E-state index contributed by atoms with van der Waals surface area (Å²) in [7, 11) is 3.35. The molecule has 1 atom stereocenters. The summed E-state index contributed by atoms with van der Waals surface area (Å²) < 4.78 is 4.94. The minimum Gasteiger partial charge on any atom is -0.383 e. The number of nitrogens with one attached hydrogen (secondary N) is 1. The maximum absolute atomic E-state index is 11.2. The largest absolute Gasteiger partial charge is 0.383 e. The molecule has 1 amide bonds. The first-order valence-corrected chi connectivity index (χ1v) is 4.24. The summed E-state index contributed by atoms with van der Waals surface area (Å²) in [6.07, 6.45) is 0.976. The van der Waals surface area contributed by atoms with Crippen molar-refractivity contribution in [2.75, 3.05) is 33.9 Å². The molecular formula is C8H16N2O2. The van der Waals surface area contributed by atoms with Gasteiger partial charge in [0.1, 0.15) is 0 Å². The molecule has 0 radical (unpaired) electrons. The maximum Gasteiger partial charge on any atom is 0.237 e. The quantitative estimate of drug-likeness (QED) is 0.619. The van der Waals surface area contributed by atoms with Crippen molar-refractivity contribution in [2.24, 2.45) is 0 Å². The van der Waals surface area contributed by atoms with Crippen molar-refractivity contribution >= 4 is 5.91 Å². The molecular weight excluding hydrogens is 156 g/mol. The Balaban J connectivity index is 2.24. The standard InChI is InChI=1S/C8H16N2O2/c1-9-8(11)7-3-4-10(7)5-6-12-2/h7H,3-6H2,1-2H3,(H,9,11). The monoisotopic (exact) mass is 172 g/mol. The van der Waals surface area contributed by atoms with Gasteiger partial charge in [0.15, 0.2) is 0 Å². The van der Waals surface area contributed by atoms with Crippen molar-refractivity contribution in [3.05, 3.63) is 0 Å². The first-order valence-electron chi connectivity index (χ1n) is 4.24. The van der Waals surface area contributed by atoms with Gasteiger partial charge in [0.25, 0.3) is 0 Å². The molecule has 1 aliphatic rings. The van der Waals surface area contributed by atoms with E-state index in [0.29, 0.717) is 6.61 Å². The topological polar surface area (TPSA) is 41.6 Å². The molecule has 0 saturated carbocycles. The van der Waals surface area contributed by atoms with E-state index in [1.807, 2.05) is 0 Å². The lowest BCUT2D eigenvalue weighted by atomic mass is 10.0. The maximum atomic E-state index is 11.2. The fourth-order valence-electron chi connectivity index (χ4n) is 1.38. The highest BCUT2D eigenvalue weighted by molar-refractivity contribution is 5.82. The number of ether oxygens (including phenoxy) is 1. The molecule has 1 aliphatic heterocycles. The lowest BCUT2D eigenvalue weighted by Gasteiger charge is -2.39. The number of rotatable bonds is 4. The number of methoxy groups -OCH3 is 1. The van der Waals surface area contributed by atoms with Crippen LogP contribution in [0.1, 0.15) is 6.42 Å². The minimum atomic E-state index is 0.0881. The third kappa shape index (κ3) is 1.95. The zero-order valence-electron chi connectivity index (χ0n) is 7.67. The van der Waals surface area contributed by atoms with Crippen LogP contribution in [0.3, 0.4) is 0 Å². The van der Waals surface area contributed by atoms with E-state index in [2.05, 4.69) is 10.2 Å². The zero-order chi connectivity index (χ0) is 8.97. The molecule has 0 aromatic rings. The number of carbonyl (C=O) groups is 1. The fourth-order valence-corrected chi connectivity index (χ4v) is 1.38. The van der Waals surface area contributed by atoms with Crippen molar-refractivity contribution in [1.29, 1.82) is 0 Å². The first kappa shape index (κ1) is 9.48. The van der Waals surface area contributed by atoms with Crippen LogP contribution in [0.15, 0.2) is 0 Å². The first-order chi connectivity index (χ1) is 5.79. The van der Waals surface area contributed by atoms with Crippen LogP contribution in [0.2, 0.25) is 0 Å². The predicted octanol–water partition coefficient (Wildman–Crippen LogP) is -0.547. The summed E-state index contributed by atoms with van der Waals surface area (Å²) in [6.45, 7) is 2.57. The molecule has 0 aliphatic carbocycles. The van der Waals surface area contributed by atoms with Gasteiger partial charge in [-0.2, -0.15) is 0 Å². The van der Waals surface area contributed by atoms with Gasteiger partial charge in [0, 0.05) is 27.2 Å². The molecule has 0 bridgehead atoms. The summed E-state index contributed by atoms with van der Waals surface area (Å²) in [6, 6.07) is 0.0881. The highest BCUT2D eigenvalue weighted by Crippen LogP contribution is 2.16. The van der Waals surface area contributed by atoms with Gasteiger partial charge < -0.3 is 10.1 Å². The van der Waals surface area contributed by atoms with Crippen molar-refractivity contribution in [3.63, 3.8) is 0 Å². The summed E-state index contributed by atoms with van der Waals surface area (Å²) in [5.74, 6) is 0.123. The van der Waals surface area contributed by atoms with Gasteiger partial charge in [-0.25, -0.2) is 0 Å². The lowest BCUT2D eigenvalue weighted by molar-refractivity contribution is -0.130. The second kappa shape index (κ2) is 4.42. The molecule has 1 unspecified atom stereocenters. The summed E-state index contributed by atoms with van der Waals surface area (Å²) in [4.78, 5) is 13.3. The molecule has 1 fully saturated rings. The van der Waals surface area contributed by atoms with Crippen molar-refractivity contribution in [1.82, 2.24) is 10.2 Å². The Kier molecular flexibility index (Phi) is 3.49. The molecule has 0 aromatic carbocycles. The van der Waals surface area contributed by atoms with E-state index < -0.39 is 0 Å². The Bertz CT molecular complexity index is 161. The second-order valence-electron chi connectivity index (χ2n) is 2.95. The minimum absolute atomic E-state index is 0.0881. The predicted molar refractivity (Wildman–Crippen MR) is 45.9 cm³/mol. The Morgan fingerprint density at radius 2 is 2.50 bits per heavy atom. The van der Waals surface area contributed by atoms with E-state index in [4.69, 9.17) is 4.74 Å². The fraction of sp³-hybridized carbons (Fsp3) is 0.875. The molecule has 1 rings (SSSR count). The van der Waals surface area contributed by atoms with E-state index in [1.165, 1.54) is 0 Å². The molecule has 0 spiro atoms. The van der Waals surface area contributed by atoms with Gasteiger partial charge in [-0.3, -0.25) is 9.69 Å². The molecule has 1 heterocycles. The van der Waals surface area contributed by atoms with Crippen LogP contribution < -0.4 is 5.32 Å². The van der Waals surface area contributed by atoms with Crippen molar-refractivity contribution in [2.45, 2.75) is 12.5 Å². The highest BCUT2D eigenvalue weighted by atomic mass is 16.5. The van der Waals surface area contributed by atoms with Gasteiger partial charge in [0.05, 0.1) is 12.6 Å². The Hall–Kier alpha value is -0.610. The molecule has 70 valence electrons. The van der Waals surface area contributed by atoms with Crippen LogP contribution in [0, 0.1) is 0 Å². The molecule has 12 heavy (non-hydrogen) atoms. The van der Waals surface area contributed by atoms with Gasteiger partial charge in [-0.05, 0) is 6.42 Å². The van der Waals surface area contributed by atoms with Gasteiger partial charge in [0.2, 0.25) is 5.91 Å². The van der Waals surface area contributed by atoms with Crippen LogP contribution >= 0.6 is 0 Å². The number of carbonyl (C=O) groups excluding carboxylic acids is 1. The van der Waals surface area contributed by atoms with Gasteiger partial charge >= 0.3 is 0 Å². The van der Waals surface area contributed by atoms with E-state index in [0.717, 1.165) is 19.5 Å². The van der Waals surface area contributed by atoms with E-state index in [-0.39, 0.29) is 11.9 Å². The number of hydrogen-bond acceptors (Lipinski definition) is 3. The van der Waals surface area contributed by atoms with Crippen LogP contribution in [-0.2, 0) is 9.53 Å². The molecule has 1 N–H and O–H groups in total. The van der Waals surface area contributed by atoms with E-state index in [9.17, 15) is 4.79 Å². The van der Waals surface area contributed by atoms with Gasteiger partial charge in [-0.1, -0.05) is 0 Å². The van der Waals surface area contributed by atoms with Crippen molar-refractivity contribution in [3.8, 4) is 0 Å². The number of nitrogens with zero attached hydrogens (tertiary/aromatic N) is 1. The van der Waals surface area contributed by atoms with Crippen LogP contribution in [0.25, 0.3) is 0 Å². The highest BCUT2D eigenvalue weighted by Gasteiger charge is 2.32. The van der Waals surface area contributed by atoms with E-state index >= 15 is 0 Å². The smallest absolute Gasteiger partial charge is 0.237 e. The Morgan fingerprint density at radius 3 is 2.92 bits per heavy atom. The SMILES string of the molecule is CNC(=O)C1CCN1CCOC. The average molecular weight is 172 g/mol.